The van der Waals surface area contributed by atoms with Crippen molar-refractivity contribution in [3.05, 3.63) is 29.8 Å². The van der Waals surface area contributed by atoms with E-state index in [1.165, 1.54) is 0 Å². The van der Waals surface area contributed by atoms with Crippen molar-refractivity contribution in [2.75, 3.05) is 20.1 Å². The largest absolute Gasteiger partial charge is 0.324 e. The van der Waals surface area contributed by atoms with Crippen molar-refractivity contribution in [2.45, 2.75) is 44.2 Å². The number of nitrogens with one attached hydrogen (secondary N) is 1. The second-order valence-electron chi connectivity index (χ2n) is 5.69. The van der Waals surface area contributed by atoms with Crippen LogP contribution in [0.3, 0.4) is 0 Å². The predicted octanol–water partition coefficient (Wildman–Crippen LogP) is 1.71. The van der Waals surface area contributed by atoms with Gasteiger partial charge in [-0.1, -0.05) is 12.1 Å². The molecule has 1 aromatic rings. The van der Waals surface area contributed by atoms with E-state index in [2.05, 4.69) is 23.5 Å². The van der Waals surface area contributed by atoms with Crippen LogP contribution >= 0.6 is 0 Å². The average molecular weight is 313 g/mol. The summed E-state index contributed by atoms with van der Waals surface area (Å²) in [5, 5.41) is 0. The van der Waals surface area contributed by atoms with Crippen molar-refractivity contribution in [3.63, 3.8) is 0 Å². The van der Waals surface area contributed by atoms with E-state index in [0.29, 0.717) is 12.6 Å². The van der Waals surface area contributed by atoms with Gasteiger partial charge in [0.1, 0.15) is 0 Å². The maximum atomic E-state index is 12.2. The van der Waals surface area contributed by atoms with Crippen molar-refractivity contribution in [3.8, 4) is 0 Å². The molecule has 1 atom stereocenters. The van der Waals surface area contributed by atoms with Crippen LogP contribution in [0.4, 0.5) is 0 Å². The van der Waals surface area contributed by atoms with E-state index < -0.39 is 10.0 Å². The van der Waals surface area contributed by atoms with Crippen LogP contribution in [0.2, 0.25) is 0 Å². The van der Waals surface area contributed by atoms with Gasteiger partial charge in [0.05, 0.1) is 4.90 Å². The van der Waals surface area contributed by atoms with E-state index >= 15 is 0 Å². The monoisotopic (exact) mass is 313 g/mol. The fourth-order valence-corrected chi connectivity index (χ4v) is 2.97. The summed E-state index contributed by atoms with van der Waals surface area (Å²) in [4.78, 5) is 2.46. The van der Waals surface area contributed by atoms with Gasteiger partial charge >= 0.3 is 0 Å². The first-order valence-corrected chi connectivity index (χ1v) is 8.78. The highest BCUT2D eigenvalue weighted by Gasteiger charge is 2.14. The molecule has 1 aromatic carbocycles. The molecule has 0 fully saturated rings. The van der Waals surface area contributed by atoms with Crippen LogP contribution in [0.15, 0.2) is 29.2 Å². The Morgan fingerprint density at radius 3 is 2.52 bits per heavy atom. The summed E-state index contributed by atoms with van der Waals surface area (Å²) in [6.45, 7) is 7.36. The molecular formula is C15H27N3O2S. The summed E-state index contributed by atoms with van der Waals surface area (Å²) in [7, 11) is -1.43. The van der Waals surface area contributed by atoms with Crippen LogP contribution < -0.4 is 10.5 Å². The van der Waals surface area contributed by atoms with Crippen LogP contribution in [-0.4, -0.2) is 39.5 Å². The molecule has 120 valence electrons. The van der Waals surface area contributed by atoms with Gasteiger partial charge in [0.25, 0.3) is 0 Å². The van der Waals surface area contributed by atoms with Crippen LogP contribution in [0.1, 0.15) is 38.8 Å². The predicted molar refractivity (Wildman–Crippen MR) is 86.6 cm³/mol. The van der Waals surface area contributed by atoms with Gasteiger partial charge in [0.15, 0.2) is 0 Å². The Morgan fingerprint density at radius 2 is 1.95 bits per heavy atom. The van der Waals surface area contributed by atoms with Crippen LogP contribution in [-0.2, 0) is 10.0 Å². The lowest BCUT2D eigenvalue weighted by molar-refractivity contribution is 0.271. The Kier molecular flexibility index (Phi) is 6.80. The molecular weight excluding hydrogens is 286 g/mol. The first-order valence-electron chi connectivity index (χ1n) is 7.29. The normalized spacial score (nSPS) is 13.9. The Balaban J connectivity index is 2.60. The molecule has 21 heavy (non-hydrogen) atoms. The van der Waals surface area contributed by atoms with Gasteiger partial charge in [0.2, 0.25) is 10.0 Å². The van der Waals surface area contributed by atoms with Crippen molar-refractivity contribution < 1.29 is 8.42 Å². The van der Waals surface area contributed by atoms with Crippen molar-refractivity contribution in [1.82, 2.24) is 9.62 Å². The fourth-order valence-electron chi connectivity index (χ4n) is 1.84. The highest BCUT2D eigenvalue weighted by atomic mass is 32.2. The minimum Gasteiger partial charge on any atom is -0.324 e. The third kappa shape index (κ3) is 5.74. The zero-order chi connectivity index (χ0) is 16.0. The molecule has 1 unspecified atom stereocenters. The number of hydrogen-bond acceptors (Lipinski definition) is 4. The summed E-state index contributed by atoms with van der Waals surface area (Å²) >= 11 is 0. The third-order valence-corrected chi connectivity index (χ3v) is 5.01. The van der Waals surface area contributed by atoms with Gasteiger partial charge in [-0.25, -0.2) is 13.1 Å². The number of nitrogens with two attached hydrogens (primary N) is 1. The van der Waals surface area contributed by atoms with Crippen molar-refractivity contribution >= 4 is 10.0 Å². The Morgan fingerprint density at radius 1 is 1.29 bits per heavy atom. The van der Waals surface area contributed by atoms with E-state index in [-0.39, 0.29) is 10.9 Å². The highest BCUT2D eigenvalue weighted by molar-refractivity contribution is 7.89. The summed E-state index contributed by atoms with van der Waals surface area (Å²) < 4.78 is 27.1. The standard InChI is InChI=1S/C15H27N3O2S/c1-12(2)18(4)10-6-9-17-21(19,20)15-8-5-7-14(11-15)13(3)16/h5,7-8,11-13,17H,6,9-10,16H2,1-4H3. The van der Waals surface area contributed by atoms with Gasteiger partial charge in [-0.3, -0.25) is 0 Å². The molecule has 0 saturated carbocycles. The molecule has 0 saturated heterocycles. The molecule has 0 aliphatic rings. The highest BCUT2D eigenvalue weighted by Crippen LogP contribution is 2.15. The molecule has 0 radical (unpaired) electrons. The number of nitrogens with zero attached hydrogens (tertiary/aromatic N) is 1. The first-order chi connectivity index (χ1) is 9.74. The zero-order valence-corrected chi connectivity index (χ0v) is 14.2. The topological polar surface area (TPSA) is 75.4 Å². The van der Waals surface area contributed by atoms with E-state index in [0.717, 1.165) is 18.5 Å². The molecule has 0 amide bonds. The SMILES string of the molecule is CC(N)c1cccc(S(=O)(=O)NCCCN(C)C(C)C)c1. The second kappa shape index (κ2) is 7.89. The first kappa shape index (κ1) is 18.1. The molecule has 1 rings (SSSR count). The van der Waals surface area contributed by atoms with Crippen molar-refractivity contribution in [2.24, 2.45) is 5.73 Å². The maximum absolute atomic E-state index is 12.2. The van der Waals surface area contributed by atoms with Gasteiger partial charge < -0.3 is 10.6 Å². The Labute approximate surface area is 128 Å². The quantitative estimate of drug-likeness (QED) is 0.717. The Hall–Kier alpha value is -0.950. The smallest absolute Gasteiger partial charge is 0.240 e. The van der Waals surface area contributed by atoms with Gasteiger partial charge in [0, 0.05) is 18.6 Å². The van der Waals surface area contributed by atoms with E-state index in [9.17, 15) is 8.42 Å². The van der Waals surface area contributed by atoms with Crippen LogP contribution in [0.25, 0.3) is 0 Å². The zero-order valence-electron chi connectivity index (χ0n) is 13.3. The number of sulfonamides is 1. The average Bonchev–Trinajstić information content (AvgIpc) is 2.43. The van der Waals surface area contributed by atoms with Crippen LogP contribution in [0.5, 0.6) is 0 Å². The number of hydrogen-bond donors (Lipinski definition) is 2. The maximum Gasteiger partial charge on any atom is 0.240 e. The summed E-state index contributed by atoms with van der Waals surface area (Å²) in [5.41, 5.74) is 6.61. The molecule has 0 bridgehead atoms. The van der Waals surface area contributed by atoms with Crippen molar-refractivity contribution in [1.29, 1.82) is 0 Å². The molecule has 3 N–H and O–H groups in total. The molecule has 0 heterocycles. The lowest BCUT2D eigenvalue weighted by atomic mass is 10.1. The van der Waals surface area contributed by atoms with Gasteiger partial charge in [-0.2, -0.15) is 0 Å². The Bertz CT molecular complexity index is 542. The fraction of sp³-hybridized carbons (Fsp3) is 0.600. The molecule has 5 nitrogen and oxygen atoms in total. The summed E-state index contributed by atoms with van der Waals surface area (Å²) in [6, 6.07) is 7.06. The second-order valence-corrected chi connectivity index (χ2v) is 7.45. The molecule has 0 spiro atoms. The lowest BCUT2D eigenvalue weighted by Gasteiger charge is -2.20. The third-order valence-electron chi connectivity index (χ3n) is 3.56. The van der Waals surface area contributed by atoms with E-state index in [1.54, 1.807) is 18.2 Å². The molecule has 6 heteroatoms. The molecule has 0 aliphatic heterocycles. The number of benzene rings is 1. The van der Waals surface area contributed by atoms with Crippen LogP contribution in [0, 0.1) is 0 Å². The van der Waals surface area contributed by atoms with Gasteiger partial charge in [-0.05, 0) is 58.5 Å². The summed E-state index contributed by atoms with van der Waals surface area (Å²) in [6.07, 6.45) is 0.779. The van der Waals surface area contributed by atoms with E-state index in [4.69, 9.17) is 5.73 Å². The van der Waals surface area contributed by atoms with E-state index in [1.807, 2.05) is 20.0 Å². The minimum absolute atomic E-state index is 0.181. The number of rotatable bonds is 8. The minimum atomic E-state index is -3.46. The lowest BCUT2D eigenvalue weighted by Crippen LogP contribution is -2.31. The molecule has 0 aromatic heterocycles. The van der Waals surface area contributed by atoms with Gasteiger partial charge in [-0.15, -0.1) is 0 Å². The summed E-state index contributed by atoms with van der Waals surface area (Å²) in [5.74, 6) is 0. The molecule has 0 aliphatic carbocycles.